The summed E-state index contributed by atoms with van der Waals surface area (Å²) in [6, 6.07) is -0.138. The number of aliphatic imine (C=N–C) groups is 1. The molecule has 0 fully saturated rings. The summed E-state index contributed by atoms with van der Waals surface area (Å²) in [5, 5.41) is 3.95. The fourth-order valence-electron chi connectivity index (χ4n) is 0.809. The second kappa shape index (κ2) is 3.12. The number of hydrogen-bond acceptors (Lipinski definition) is 3. The second-order valence-corrected chi connectivity index (χ2v) is 2.34. The van der Waals surface area contributed by atoms with Crippen molar-refractivity contribution in [2.75, 3.05) is 0 Å². The predicted octanol–water partition coefficient (Wildman–Crippen LogP) is 0.817. The van der Waals surface area contributed by atoms with Crippen molar-refractivity contribution in [1.29, 1.82) is 0 Å². The number of isocyanates is 1. The minimum Gasteiger partial charge on any atom is -0.275 e. The van der Waals surface area contributed by atoms with Crippen LogP contribution in [-0.2, 0) is 11.8 Å². The van der Waals surface area contributed by atoms with Crippen LogP contribution < -0.4 is 0 Å². The molecule has 4 nitrogen and oxygen atoms in total. The molecule has 1 unspecified atom stereocenters. The first-order valence-electron chi connectivity index (χ1n) is 3.29. The summed E-state index contributed by atoms with van der Waals surface area (Å²) in [6.07, 6.45) is 5.02. The molecule has 0 aliphatic rings. The van der Waals surface area contributed by atoms with E-state index in [-0.39, 0.29) is 6.04 Å². The van der Waals surface area contributed by atoms with Crippen molar-refractivity contribution in [2.45, 2.75) is 13.0 Å². The maximum absolute atomic E-state index is 9.88. The number of hydrogen-bond donors (Lipinski definition) is 0. The van der Waals surface area contributed by atoms with Crippen molar-refractivity contribution in [3.05, 3.63) is 18.0 Å². The molecule has 11 heavy (non-hydrogen) atoms. The lowest BCUT2D eigenvalue weighted by atomic mass is 10.2. The Balaban J connectivity index is 2.84. The van der Waals surface area contributed by atoms with Gasteiger partial charge in [0, 0.05) is 18.8 Å². The van der Waals surface area contributed by atoms with E-state index < -0.39 is 0 Å². The third kappa shape index (κ3) is 1.75. The molecule has 0 bridgehead atoms. The van der Waals surface area contributed by atoms with Crippen LogP contribution in [0.25, 0.3) is 0 Å². The summed E-state index contributed by atoms with van der Waals surface area (Å²) < 4.78 is 1.67. The molecule has 0 aliphatic carbocycles. The van der Waals surface area contributed by atoms with Crippen LogP contribution in [0.15, 0.2) is 17.4 Å². The summed E-state index contributed by atoms with van der Waals surface area (Å²) in [5.41, 5.74) is 0.927. The summed E-state index contributed by atoms with van der Waals surface area (Å²) in [4.78, 5) is 13.4. The molecule has 0 saturated carbocycles. The Kier molecular flexibility index (Phi) is 2.18. The molecular weight excluding hydrogens is 142 g/mol. The molecular formula is C7H9N3O. The average Bonchev–Trinajstić information content (AvgIpc) is 2.36. The zero-order chi connectivity index (χ0) is 8.27. The lowest BCUT2D eigenvalue weighted by molar-refractivity contribution is 0.559. The Morgan fingerprint density at radius 1 is 1.82 bits per heavy atom. The average molecular weight is 151 g/mol. The molecule has 0 amide bonds. The van der Waals surface area contributed by atoms with Crippen LogP contribution >= 0.6 is 0 Å². The second-order valence-electron chi connectivity index (χ2n) is 2.34. The highest BCUT2D eigenvalue weighted by Gasteiger charge is 2.03. The van der Waals surface area contributed by atoms with Gasteiger partial charge < -0.3 is 0 Å². The molecule has 1 rings (SSSR count). The third-order valence-corrected chi connectivity index (χ3v) is 1.45. The monoisotopic (exact) mass is 151 g/mol. The highest BCUT2D eigenvalue weighted by Crippen LogP contribution is 2.13. The highest BCUT2D eigenvalue weighted by atomic mass is 16.1. The van der Waals surface area contributed by atoms with Gasteiger partial charge in [-0.15, -0.1) is 0 Å². The van der Waals surface area contributed by atoms with Gasteiger partial charge in [-0.1, -0.05) is 0 Å². The molecule has 1 aromatic rings. The van der Waals surface area contributed by atoms with Crippen molar-refractivity contribution < 1.29 is 4.79 Å². The number of carbonyl (C=O) groups excluding carboxylic acids is 1. The lowest BCUT2D eigenvalue weighted by Gasteiger charge is -1.96. The van der Waals surface area contributed by atoms with Crippen molar-refractivity contribution in [1.82, 2.24) is 9.78 Å². The Morgan fingerprint density at radius 3 is 3.00 bits per heavy atom. The minimum absolute atomic E-state index is 0.138. The van der Waals surface area contributed by atoms with E-state index in [0.717, 1.165) is 5.56 Å². The quantitative estimate of drug-likeness (QED) is 0.464. The summed E-state index contributed by atoms with van der Waals surface area (Å²) >= 11 is 0. The molecule has 0 spiro atoms. The zero-order valence-electron chi connectivity index (χ0n) is 6.48. The number of nitrogens with zero attached hydrogens (tertiary/aromatic N) is 3. The van der Waals surface area contributed by atoms with Gasteiger partial charge in [-0.05, 0) is 6.92 Å². The summed E-state index contributed by atoms with van der Waals surface area (Å²) in [7, 11) is 1.82. The maximum atomic E-state index is 9.88. The van der Waals surface area contributed by atoms with Crippen molar-refractivity contribution in [2.24, 2.45) is 12.0 Å². The van der Waals surface area contributed by atoms with Gasteiger partial charge in [0.1, 0.15) is 0 Å². The van der Waals surface area contributed by atoms with E-state index in [0.29, 0.717) is 0 Å². The number of aryl methyl sites for hydroxylation is 1. The Hall–Kier alpha value is -1.41. The molecule has 0 radical (unpaired) electrons. The molecule has 0 aromatic carbocycles. The van der Waals surface area contributed by atoms with E-state index in [1.54, 1.807) is 10.9 Å². The van der Waals surface area contributed by atoms with Gasteiger partial charge in [0.15, 0.2) is 0 Å². The van der Waals surface area contributed by atoms with Crippen LogP contribution in [0.5, 0.6) is 0 Å². The van der Waals surface area contributed by atoms with Crippen molar-refractivity contribution >= 4 is 6.08 Å². The molecule has 0 aliphatic heterocycles. The molecule has 4 heteroatoms. The largest absolute Gasteiger partial charge is 0.275 e. The minimum atomic E-state index is -0.138. The Morgan fingerprint density at radius 2 is 2.55 bits per heavy atom. The third-order valence-electron chi connectivity index (χ3n) is 1.45. The van der Waals surface area contributed by atoms with Crippen LogP contribution in [0, 0.1) is 0 Å². The van der Waals surface area contributed by atoms with Crippen LogP contribution in [0.3, 0.4) is 0 Å². The van der Waals surface area contributed by atoms with Crippen LogP contribution in [0.1, 0.15) is 18.5 Å². The maximum Gasteiger partial charge on any atom is 0.235 e. The van der Waals surface area contributed by atoms with Crippen molar-refractivity contribution in [3.63, 3.8) is 0 Å². The number of aromatic nitrogens is 2. The highest BCUT2D eigenvalue weighted by molar-refractivity contribution is 5.34. The molecule has 58 valence electrons. The van der Waals surface area contributed by atoms with E-state index in [9.17, 15) is 4.79 Å². The van der Waals surface area contributed by atoms with Crippen LogP contribution in [-0.4, -0.2) is 15.9 Å². The first kappa shape index (κ1) is 7.69. The number of rotatable bonds is 2. The van der Waals surface area contributed by atoms with E-state index >= 15 is 0 Å². The van der Waals surface area contributed by atoms with E-state index in [2.05, 4.69) is 10.1 Å². The van der Waals surface area contributed by atoms with Gasteiger partial charge in [-0.3, -0.25) is 4.68 Å². The Bertz CT molecular complexity index is 286. The SMILES string of the molecule is CC(N=C=O)c1cnn(C)c1. The van der Waals surface area contributed by atoms with E-state index in [1.807, 2.05) is 20.2 Å². The van der Waals surface area contributed by atoms with Gasteiger partial charge in [0.05, 0.1) is 12.2 Å². The molecule has 0 saturated heterocycles. The lowest BCUT2D eigenvalue weighted by Crippen LogP contribution is -1.87. The normalized spacial score (nSPS) is 12.2. The van der Waals surface area contributed by atoms with Crippen molar-refractivity contribution in [3.8, 4) is 0 Å². The summed E-state index contributed by atoms with van der Waals surface area (Å²) in [5.74, 6) is 0. The zero-order valence-corrected chi connectivity index (χ0v) is 6.48. The van der Waals surface area contributed by atoms with Gasteiger partial charge in [0.2, 0.25) is 6.08 Å². The fourth-order valence-corrected chi connectivity index (χ4v) is 0.809. The standard InChI is InChI=1S/C7H9N3O/c1-6(8-5-11)7-3-9-10(2)4-7/h3-4,6H,1-2H3. The molecule has 1 aromatic heterocycles. The first-order valence-corrected chi connectivity index (χ1v) is 3.29. The van der Waals surface area contributed by atoms with Crippen LogP contribution in [0.4, 0.5) is 0 Å². The first-order chi connectivity index (χ1) is 5.24. The smallest absolute Gasteiger partial charge is 0.235 e. The fraction of sp³-hybridized carbons (Fsp3) is 0.429. The van der Waals surface area contributed by atoms with Crippen LogP contribution in [0.2, 0.25) is 0 Å². The predicted molar refractivity (Wildman–Crippen MR) is 39.7 cm³/mol. The van der Waals surface area contributed by atoms with Gasteiger partial charge in [-0.25, -0.2) is 4.79 Å². The Labute approximate surface area is 64.6 Å². The van der Waals surface area contributed by atoms with Gasteiger partial charge in [-0.2, -0.15) is 10.1 Å². The van der Waals surface area contributed by atoms with E-state index in [1.165, 1.54) is 6.08 Å². The molecule has 1 atom stereocenters. The van der Waals surface area contributed by atoms with Gasteiger partial charge in [0.25, 0.3) is 0 Å². The summed E-state index contributed by atoms with van der Waals surface area (Å²) in [6.45, 7) is 1.82. The van der Waals surface area contributed by atoms with E-state index in [4.69, 9.17) is 0 Å². The molecule has 0 N–H and O–H groups in total. The van der Waals surface area contributed by atoms with Gasteiger partial charge >= 0.3 is 0 Å². The molecule has 1 heterocycles. The topological polar surface area (TPSA) is 47.2 Å².